The van der Waals surface area contributed by atoms with E-state index in [0.29, 0.717) is 12.8 Å². The third-order valence-electron chi connectivity index (χ3n) is 6.82. The number of quaternary nitrogens is 1. The molecular formula is C30H61NO7S. The average Bonchev–Trinajstić information content (AvgIpc) is 2.83. The lowest BCUT2D eigenvalue weighted by molar-refractivity contribution is -0.150. The van der Waals surface area contributed by atoms with E-state index >= 15 is 0 Å². The second-order valence-electron chi connectivity index (χ2n) is 11.6. The zero-order chi connectivity index (χ0) is 28.7. The molecule has 234 valence electrons. The molecule has 0 aliphatic carbocycles. The van der Waals surface area contributed by atoms with Gasteiger partial charge in [-0.1, -0.05) is 130 Å². The summed E-state index contributed by atoms with van der Waals surface area (Å²) in [6.07, 6.45) is 19.2. The number of esters is 2. The van der Waals surface area contributed by atoms with Gasteiger partial charge in [0, 0.05) is 0 Å². The summed E-state index contributed by atoms with van der Waals surface area (Å²) in [5.74, 6) is -0.482. The quantitative estimate of drug-likeness (QED) is 0.0618. The van der Waals surface area contributed by atoms with Crippen LogP contribution < -0.4 is 6.15 Å². The Labute approximate surface area is 240 Å². The van der Waals surface area contributed by atoms with Crippen molar-refractivity contribution in [2.45, 2.75) is 155 Å². The van der Waals surface area contributed by atoms with E-state index in [1.54, 1.807) is 0 Å². The molecule has 0 rings (SSSR count). The molecule has 0 heterocycles. The molecular weight excluding hydrogens is 518 g/mol. The molecule has 0 aliphatic heterocycles. The molecule has 0 aromatic rings. The van der Waals surface area contributed by atoms with Crippen LogP contribution in [0.2, 0.25) is 0 Å². The van der Waals surface area contributed by atoms with Crippen LogP contribution in [0.1, 0.15) is 150 Å². The van der Waals surface area contributed by atoms with E-state index in [9.17, 15) is 22.6 Å². The van der Waals surface area contributed by atoms with Gasteiger partial charge in [0.2, 0.25) is 0 Å². The van der Waals surface area contributed by atoms with Crippen molar-refractivity contribution in [1.82, 2.24) is 6.15 Å². The van der Waals surface area contributed by atoms with Crippen LogP contribution >= 0.6 is 0 Å². The standard InChI is InChI=1S/C30H58O7S.H3N/c1-26(2)21-17-13-9-5-7-11-15-19-23-36-29(31)25-28(38(33,34)35)30(32)37-24-20-16-12-8-6-10-14-18-22-27(3)4;/h26-28H,5-25H2,1-4H3,(H,33,34,35);1H3. The van der Waals surface area contributed by atoms with Crippen LogP contribution in [0.3, 0.4) is 0 Å². The molecule has 0 radical (unpaired) electrons. The molecule has 0 aromatic heterocycles. The number of hydrogen-bond acceptors (Lipinski definition) is 7. The summed E-state index contributed by atoms with van der Waals surface area (Å²) in [5, 5.41) is -2.04. The summed E-state index contributed by atoms with van der Waals surface area (Å²) in [4.78, 5) is 24.2. The van der Waals surface area contributed by atoms with Crippen LogP contribution in [-0.2, 0) is 29.2 Å². The van der Waals surface area contributed by atoms with E-state index < -0.39 is 33.7 Å². The second kappa shape index (κ2) is 25.8. The predicted octanol–water partition coefficient (Wildman–Crippen LogP) is 8.09. The fourth-order valence-electron chi connectivity index (χ4n) is 4.40. The molecule has 1 atom stereocenters. The van der Waals surface area contributed by atoms with Crippen molar-refractivity contribution in [1.29, 1.82) is 0 Å². The molecule has 39 heavy (non-hydrogen) atoms. The van der Waals surface area contributed by atoms with Crippen molar-refractivity contribution in [3.05, 3.63) is 0 Å². The molecule has 8 nitrogen and oxygen atoms in total. The van der Waals surface area contributed by atoms with Gasteiger partial charge in [-0.05, 0) is 24.7 Å². The van der Waals surface area contributed by atoms with Crippen molar-refractivity contribution in [2.75, 3.05) is 13.2 Å². The first kappa shape index (κ1) is 40.0. The summed E-state index contributed by atoms with van der Waals surface area (Å²) in [6, 6.07) is 0. The Bertz CT molecular complexity index is 695. The minimum atomic E-state index is -5.01. The maximum Gasteiger partial charge on any atom is 0.323 e. The molecule has 0 aliphatic rings. The minimum absolute atomic E-state index is 0. The monoisotopic (exact) mass is 579 g/mol. The second-order valence-corrected chi connectivity index (χ2v) is 13.2. The van der Waals surface area contributed by atoms with E-state index in [2.05, 4.69) is 27.7 Å². The van der Waals surface area contributed by atoms with Crippen molar-refractivity contribution in [2.24, 2.45) is 11.8 Å². The lowest BCUT2D eigenvalue weighted by Gasteiger charge is -2.18. The molecule has 4 N–H and O–H groups in total. The van der Waals surface area contributed by atoms with Crippen molar-refractivity contribution in [3.63, 3.8) is 0 Å². The third kappa shape index (κ3) is 26.8. The van der Waals surface area contributed by atoms with Crippen molar-refractivity contribution in [3.8, 4) is 0 Å². The van der Waals surface area contributed by atoms with Gasteiger partial charge in [-0.15, -0.1) is 0 Å². The van der Waals surface area contributed by atoms with Crippen LogP contribution in [0.15, 0.2) is 0 Å². The Kier molecular flexibility index (Phi) is 26.4. The van der Waals surface area contributed by atoms with E-state index in [1.807, 2.05) is 0 Å². The SMILES string of the molecule is CC(C)CCCCCCCCCCOC(=O)CC(C(=O)OCCCCCCCCCCC(C)C)S(=O)(=O)[O-].[NH4+]. The smallest absolute Gasteiger partial charge is 0.323 e. The zero-order valence-corrected chi connectivity index (χ0v) is 26.7. The fourth-order valence-corrected chi connectivity index (χ4v) is 5.04. The Morgan fingerprint density at radius 2 is 0.923 bits per heavy atom. The highest BCUT2D eigenvalue weighted by Gasteiger charge is 2.30. The molecule has 0 saturated carbocycles. The Morgan fingerprint density at radius 3 is 1.28 bits per heavy atom. The van der Waals surface area contributed by atoms with Crippen molar-refractivity contribution >= 4 is 22.1 Å². The van der Waals surface area contributed by atoms with E-state index in [1.165, 1.54) is 64.2 Å². The third-order valence-corrected chi connectivity index (χ3v) is 7.88. The highest BCUT2D eigenvalue weighted by Crippen LogP contribution is 2.15. The first-order valence-corrected chi connectivity index (χ1v) is 16.8. The summed E-state index contributed by atoms with van der Waals surface area (Å²) in [6.45, 7) is 9.19. The van der Waals surface area contributed by atoms with Gasteiger partial charge in [-0.3, -0.25) is 9.59 Å². The number of unbranched alkanes of at least 4 members (excludes halogenated alkanes) is 14. The van der Waals surface area contributed by atoms with Crippen LogP contribution in [0, 0.1) is 11.8 Å². The van der Waals surface area contributed by atoms with Gasteiger partial charge in [-0.25, -0.2) is 8.42 Å². The first-order chi connectivity index (χ1) is 18.0. The highest BCUT2D eigenvalue weighted by atomic mass is 32.2. The molecule has 0 spiro atoms. The molecule has 0 aromatic carbocycles. The predicted molar refractivity (Wildman–Crippen MR) is 159 cm³/mol. The van der Waals surface area contributed by atoms with E-state index in [-0.39, 0.29) is 19.4 Å². The van der Waals surface area contributed by atoms with Crippen molar-refractivity contribution < 1.29 is 32.0 Å². The largest absolute Gasteiger partial charge is 0.747 e. The van der Waals surface area contributed by atoms with Gasteiger partial charge < -0.3 is 20.2 Å². The molecule has 0 saturated heterocycles. The fraction of sp³-hybridized carbons (Fsp3) is 0.933. The topological polar surface area (TPSA) is 146 Å². The van der Waals surface area contributed by atoms with Crippen LogP contribution in [0.4, 0.5) is 0 Å². The molecule has 0 fully saturated rings. The first-order valence-electron chi connectivity index (χ1n) is 15.3. The number of ether oxygens (including phenoxy) is 2. The van der Waals surface area contributed by atoms with Gasteiger partial charge >= 0.3 is 11.9 Å². The van der Waals surface area contributed by atoms with Gasteiger partial charge in [0.1, 0.15) is 10.1 Å². The van der Waals surface area contributed by atoms with E-state index in [4.69, 9.17) is 9.47 Å². The summed E-state index contributed by atoms with van der Waals surface area (Å²) < 4.78 is 44.7. The number of rotatable bonds is 26. The lowest BCUT2D eigenvalue weighted by atomic mass is 10.0. The number of hydrogen-bond donors (Lipinski definition) is 1. The summed E-state index contributed by atoms with van der Waals surface area (Å²) in [5.41, 5.74) is 0. The van der Waals surface area contributed by atoms with Gasteiger partial charge in [0.15, 0.2) is 5.25 Å². The number of carbonyl (C=O) groups excluding carboxylic acids is 2. The van der Waals surface area contributed by atoms with Crippen LogP contribution in [0.25, 0.3) is 0 Å². The van der Waals surface area contributed by atoms with Crippen LogP contribution in [0.5, 0.6) is 0 Å². The molecule has 1 unspecified atom stereocenters. The Balaban J connectivity index is 0. The molecule has 0 amide bonds. The molecule has 9 heteroatoms. The normalized spacial score (nSPS) is 12.4. The highest BCUT2D eigenvalue weighted by molar-refractivity contribution is 7.87. The summed E-state index contributed by atoms with van der Waals surface area (Å²) >= 11 is 0. The maximum atomic E-state index is 12.2. The zero-order valence-electron chi connectivity index (χ0n) is 25.8. The van der Waals surface area contributed by atoms with Gasteiger partial charge in [0.25, 0.3) is 0 Å². The average molecular weight is 580 g/mol. The van der Waals surface area contributed by atoms with Crippen LogP contribution in [-0.4, -0.2) is 43.4 Å². The van der Waals surface area contributed by atoms with Gasteiger partial charge in [0.05, 0.1) is 19.6 Å². The summed E-state index contributed by atoms with van der Waals surface area (Å²) in [7, 11) is -5.01. The van der Waals surface area contributed by atoms with Gasteiger partial charge in [-0.2, -0.15) is 0 Å². The number of carbonyl (C=O) groups is 2. The Morgan fingerprint density at radius 1 is 0.590 bits per heavy atom. The minimum Gasteiger partial charge on any atom is -0.747 e. The lowest BCUT2D eigenvalue weighted by Crippen LogP contribution is -2.34. The Hall–Kier alpha value is -1.19. The van der Waals surface area contributed by atoms with E-state index in [0.717, 1.165) is 50.4 Å². The molecule has 0 bridgehead atoms. The maximum absolute atomic E-state index is 12.2.